The number of hydrogen-bond acceptors (Lipinski definition) is 2. The van der Waals surface area contributed by atoms with Gasteiger partial charge in [0.25, 0.3) is 0 Å². The van der Waals surface area contributed by atoms with E-state index in [0.29, 0.717) is 6.61 Å². The Morgan fingerprint density at radius 3 is 2.54 bits per heavy atom. The van der Waals surface area contributed by atoms with Crippen LogP contribution in [0.4, 0.5) is 0 Å². The van der Waals surface area contributed by atoms with Crippen molar-refractivity contribution in [3.05, 3.63) is 35.9 Å². The molecule has 0 fully saturated rings. The fraction of sp³-hybridized carbons (Fsp3) is 0.455. The van der Waals surface area contributed by atoms with Gasteiger partial charge >= 0.3 is 0 Å². The second-order valence-electron chi connectivity index (χ2n) is 2.93. The standard InChI is InChI=1S/C11H16O2/c1-12-13-10-6-5-9-11-7-3-2-4-8-11/h2-4,7-8H,5-6,9-10H2,1H3. The summed E-state index contributed by atoms with van der Waals surface area (Å²) in [4.78, 5) is 9.27. The van der Waals surface area contributed by atoms with Gasteiger partial charge in [0.05, 0.1) is 13.7 Å². The number of aryl methyl sites for hydroxylation is 1. The van der Waals surface area contributed by atoms with E-state index in [0.717, 1.165) is 19.3 Å². The molecule has 0 atom stereocenters. The van der Waals surface area contributed by atoms with Gasteiger partial charge in [0.15, 0.2) is 0 Å². The Balaban J connectivity index is 2.07. The third-order valence-electron chi connectivity index (χ3n) is 1.90. The zero-order valence-corrected chi connectivity index (χ0v) is 8.03. The van der Waals surface area contributed by atoms with Crippen molar-refractivity contribution in [2.45, 2.75) is 19.3 Å². The highest BCUT2D eigenvalue weighted by Gasteiger charge is 1.92. The van der Waals surface area contributed by atoms with Crippen LogP contribution in [0.5, 0.6) is 0 Å². The van der Waals surface area contributed by atoms with Crippen molar-refractivity contribution in [1.29, 1.82) is 0 Å². The fourth-order valence-corrected chi connectivity index (χ4v) is 1.22. The van der Waals surface area contributed by atoms with Gasteiger partial charge in [-0.2, -0.15) is 0 Å². The van der Waals surface area contributed by atoms with Crippen molar-refractivity contribution in [2.24, 2.45) is 0 Å². The van der Waals surface area contributed by atoms with Gasteiger partial charge in [0.2, 0.25) is 0 Å². The van der Waals surface area contributed by atoms with E-state index in [-0.39, 0.29) is 0 Å². The molecule has 0 heterocycles. The van der Waals surface area contributed by atoms with Crippen molar-refractivity contribution in [1.82, 2.24) is 0 Å². The van der Waals surface area contributed by atoms with Crippen molar-refractivity contribution in [3.8, 4) is 0 Å². The molecule has 72 valence electrons. The van der Waals surface area contributed by atoms with Gasteiger partial charge in [0.1, 0.15) is 0 Å². The second kappa shape index (κ2) is 6.63. The van der Waals surface area contributed by atoms with E-state index in [2.05, 4.69) is 29.2 Å². The first-order valence-electron chi connectivity index (χ1n) is 4.63. The van der Waals surface area contributed by atoms with Gasteiger partial charge in [-0.05, 0) is 24.8 Å². The molecule has 0 spiro atoms. The summed E-state index contributed by atoms with van der Waals surface area (Å²) in [5.41, 5.74) is 1.39. The molecule has 1 rings (SSSR count). The van der Waals surface area contributed by atoms with E-state index >= 15 is 0 Å². The van der Waals surface area contributed by atoms with Crippen molar-refractivity contribution in [2.75, 3.05) is 13.7 Å². The Kier molecular flexibility index (Phi) is 5.22. The molecule has 0 amide bonds. The van der Waals surface area contributed by atoms with Crippen LogP contribution in [0.1, 0.15) is 18.4 Å². The van der Waals surface area contributed by atoms with Gasteiger partial charge in [-0.3, -0.25) is 0 Å². The van der Waals surface area contributed by atoms with Crippen LogP contribution in [0.2, 0.25) is 0 Å². The maximum absolute atomic E-state index is 4.77. The molecule has 0 aliphatic carbocycles. The lowest BCUT2D eigenvalue weighted by Crippen LogP contribution is -1.94. The Morgan fingerprint density at radius 2 is 1.85 bits per heavy atom. The highest BCUT2D eigenvalue weighted by molar-refractivity contribution is 5.14. The summed E-state index contributed by atoms with van der Waals surface area (Å²) in [5, 5.41) is 0. The largest absolute Gasteiger partial charge is 0.240 e. The SMILES string of the molecule is COOCCCCc1ccccc1. The van der Waals surface area contributed by atoms with E-state index in [1.54, 1.807) is 0 Å². The number of benzene rings is 1. The first-order chi connectivity index (χ1) is 6.43. The van der Waals surface area contributed by atoms with Crippen molar-refractivity contribution < 1.29 is 9.78 Å². The minimum absolute atomic E-state index is 0.684. The topological polar surface area (TPSA) is 18.5 Å². The molecule has 0 bridgehead atoms. The minimum Gasteiger partial charge on any atom is -0.240 e. The smallest absolute Gasteiger partial charge is 0.0822 e. The lowest BCUT2D eigenvalue weighted by Gasteiger charge is -2.00. The number of hydrogen-bond donors (Lipinski definition) is 0. The molecule has 2 nitrogen and oxygen atoms in total. The van der Waals surface area contributed by atoms with Gasteiger partial charge in [-0.25, -0.2) is 9.78 Å². The normalized spacial score (nSPS) is 10.2. The summed E-state index contributed by atoms with van der Waals surface area (Å²) < 4.78 is 0. The van der Waals surface area contributed by atoms with Crippen LogP contribution in [0.25, 0.3) is 0 Å². The molecule has 1 aromatic carbocycles. The van der Waals surface area contributed by atoms with Gasteiger partial charge in [-0.1, -0.05) is 30.3 Å². The highest BCUT2D eigenvalue weighted by Crippen LogP contribution is 2.04. The maximum atomic E-state index is 4.77. The first-order valence-corrected chi connectivity index (χ1v) is 4.63. The molecule has 0 aliphatic heterocycles. The van der Waals surface area contributed by atoms with Gasteiger partial charge in [-0.15, -0.1) is 0 Å². The quantitative estimate of drug-likeness (QED) is 0.380. The molecule has 13 heavy (non-hydrogen) atoms. The summed E-state index contributed by atoms with van der Waals surface area (Å²) in [6.07, 6.45) is 3.31. The molecule has 0 saturated carbocycles. The van der Waals surface area contributed by atoms with Crippen LogP contribution in [-0.2, 0) is 16.2 Å². The Hall–Kier alpha value is -0.860. The van der Waals surface area contributed by atoms with Gasteiger partial charge < -0.3 is 0 Å². The summed E-state index contributed by atoms with van der Waals surface area (Å²) in [6, 6.07) is 10.5. The van der Waals surface area contributed by atoms with Crippen LogP contribution in [0, 0.1) is 0 Å². The zero-order chi connectivity index (χ0) is 9.36. The van der Waals surface area contributed by atoms with Gasteiger partial charge in [0, 0.05) is 0 Å². The molecule has 1 aromatic rings. The predicted molar refractivity (Wildman–Crippen MR) is 52.3 cm³/mol. The van der Waals surface area contributed by atoms with Crippen molar-refractivity contribution in [3.63, 3.8) is 0 Å². The van der Waals surface area contributed by atoms with Crippen molar-refractivity contribution >= 4 is 0 Å². The average Bonchev–Trinajstić information content (AvgIpc) is 2.19. The first kappa shape index (κ1) is 10.2. The van der Waals surface area contributed by atoms with Crippen LogP contribution >= 0.6 is 0 Å². The molecule has 0 N–H and O–H groups in total. The lowest BCUT2D eigenvalue weighted by atomic mass is 10.1. The van der Waals surface area contributed by atoms with Crippen LogP contribution in [0.3, 0.4) is 0 Å². The molecule has 0 aromatic heterocycles. The number of unbranched alkanes of at least 4 members (excludes halogenated alkanes) is 1. The average molecular weight is 180 g/mol. The van der Waals surface area contributed by atoms with E-state index in [4.69, 9.17) is 4.89 Å². The predicted octanol–water partition coefficient (Wildman–Crippen LogP) is 2.59. The third-order valence-corrected chi connectivity index (χ3v) is 1.90. The second-order valence-corrected chi connectivity index (χ2v) is 2.93. The highest BCUT2D eigenvalue weighted by atomic mass is 17.2. The van der Waals surface area contributed by atoms with E-state index in [1.807, 2.05) is 6.07 Å². The third kappa shape index (κ3) is 4.65. The van der Waals surface area contributed by atoms with Crippen LogP contribution in [0.15, 0.2) is 30.3 Å². The molecule has 0 saturated heterocycles. The molecular formula is C11H16O2. The monoisotopic (exact) mass is 180 g/mol. The zero-order valence-electron chi connectivity index (χ0n) is 8.03. The van der Waals surface area contributed by atoms with Crippen LogP contribution in [-0.4, -0.2) is 13.7 Å². The Labute approximate surface area is 79.4 Å². The van der Waals surface area contributed by atoms with Crippen LogP contribution < -0.4 is 0 Å². The fourth-order valence-electron chi connectivity index (χ4n) is 1.22. The molecule has 2 heteroatoms. The molecule has 0 radical (unpaired) electrons. The Bertz CT molecular complexity index is 209. The van der Waals surface area contributed by atoms with E-state index < -0.39 is 0 Å². The summed E-state index contributed by atoms with van der Waals surface area (Å²) in [6.45, 7) is 0.684. The van der Waals surface area contributed by atoms with E-state index in [9.17, 15) is 0 Å². The summed E-state index contributed by atoms with van der Waals surface area (Å²) >= 11 is 0. The maximum Gasteiger partial charge on any atom is 0.0822 e. The van der Waals surface area contributed by atoms with E-state index in [1.165, 1.54) is 12.7 Å². The molecule has 0 aliphatic rings. The molecular weight excluding hydrogens is 164 g/mol. The number of rotatable bonds is 6. The Morgan fingerprint density at radius 1 is 1.08 bits per heavy atom. The minimum atomic E-state index is 0.684. The summed E-state index contributed by atoms with van der Waals surface area (Å²) in [7, 11) is 1.54. The molecule has 0 unspecified atom stereocenters. The summed E-state index contributed by atoms with van der Waals surface area (Å²) in [5.74, 6) is 0. The lowest BCUT2D eigenvalue weighted by molar-refractivity contribution is -0.272.